The van der Waals surface area contributed by atoms with Crippen molar-refractivity contribution in [2.75, 3.05) is 6.54 Å². The number of rotatable bonds is 5. The summed E-state index contributed by atoms with van der Waals surface area (Å²) in [7, 11) is -3.98. The standard InChI is InChI=1S/C31H38FN3O3S/c1-22-9-14-26(32)28(17-22)39(37,38)25-12-10-23(11-13-25)19-34-30(36)27-18-24-20-33-21-31(29(24)35-27)15-7-5-3-2-4-6-8-16-31/h9-14,17-18,33,35H,2-8,15-16,19-21H2,1H3,(H,34,36). The molecule has 5 rings (SSSR count). The van der Waals surface area contributed by atoms with Crippen molar-refractivity contribution in [2.24, 2.45) is 0 Å². The van der Waals surface area contributed by atoms with Gasteiger partial charge in [-0.05, 0) is 66.8 Å². The Labute approximate surface area is 230 Å². The smallest absolute Gasteiger partial charge is 0.267 e. The molecule has 0 unspecified atom stereocenters. The maximum Gasteiger partial charge on any atom is 0.267 e. The summed E-state index contributed by atoms with van der Waals surface area (Å²) in [4.78, 5) is 16.3. The first-order valence-corrected chi connectivity index (χ1v) is 15.6. The van der Waals surface area contributed by atoms with Gasteiger partial charge in [-0.25, -0.2) is 12.8 Å². The van der Waals surface area contributed by atoms with Crippen molar-refractivity contribution in [3.63, 3.8) is 0 Å². The number of carbonyl (C=O) groups is 1. The van der Waals surface area contributed by atoms with Crippen LogP contribution in [0.4, 0.5) is 4.39 Å². The zero-order valence-electron chi connectivity index (χ0n) is 22.6. The van der Waals surface area contributed by atoms with E-state index in [9.17, 15) is 17.6 Å². The van der Waals surface area contributed by atoms with Gasteiger partial charge in [0.1, 0.15) is 16.4 Å². The molecule has 39 heavy (non-hydrogen) atoms. The highest BCUT2D eigenvalue weighted by molar-refractivity contribution is 7.91. The molecule has 1 fully saturated rings. The first-order chi connectivity index (χ1) is 18.8. The lowest BCUT2D eigenvalue weighted by atomic mass is 9.72. The number of aryl methyl sites for hydroxylation is 1. The van der Waals surface area contributed by atoms with Crippen LogP contribution in [0.25, 0.3) is 0 Å². The van der Waals surface area contributed by atoms with Gasteiger partial charge in [-0.15, -0.1) is 0 Å². The predicted octanol–water partition coefficient (Wildman–Crippen LogP) is 6.09. The average molecular weight is 552 g/mol. The Morgan fingerprint density at radius 3 is 2.31 bits per heavy atom. The lowest BCUT2D eigenvalue weighted by Gasteiger charge is -2.38. The van der Waals surface area contributed by atoms with Crippen LogP contribution in [-0.2, 0) is 28.3 Å². The van der Waals surface area contributed by atoms with E-state index in [0.29, 0.717) is 11.3 Å². The first-order valence-electron chi connectivity index (χ1n) is 14.1. The number of nitrogens with one attached hydrogen (secondary N) is 3. The highest BCUT2D eigenvalue weighted by Gasteiger charge is 2.38. The molecular weight excluding hydrogens is 513 g/mol. The molecule has 0 atom stereocenters. The highest BCUT2D eigenvalue weighted by atomic mass is 32.2. The fourth-order valence-corrected chi connectivity index (χ4v) is 7.54. The number of benzene rings is 2. The van der Waals surface area contributed by atoms with Crippen molar-refractivity contribution < 1.29 is 17.6 Å². The van der Waals surface area contributed by atoms with Crippen LogP contribution in [0.5, 0.6) is 0 Å². The van der Waals surface area contributed by atoms with Crippen LogP contribution in [0, 0.1) is 12.7 Å². The quantitative estimate of drug-likeness (QED) is 0.358. The summed E-state index contributed by atoms with van der Waals surface area (Å²) in [5.74, 6) is -0.953. The molecule has 6 nitrogen and oxygen atoms in total. The van der Waals surface area contributed by atoms with Crippen molar-refractivity contribution in [2.45, 2.75) is 93.0 Å². The van der Waals surface area contributed by atoms with Gasteiger partial charge in [0.15, 0.2) is 0 Å². The van der Waals surface area contributed by atoms with Gasteiger partial charge in [0, 0.05) is 30.7 Å². The normalized spacial score (nSPS) is 17.9. The van der Waals surface area contributed by atoms with E-state index in [0.717, 1.165) is 31.5 Å². The second-order valence-corrected chi connectivity index (χ2v) is 13.1. The lowest BCUT2D eigenvalue weighted by molar-refractivity contribution is 0.0946. The van der Waals surface area contributed by atoms with Gasteiger partial charge < -0.3 is 15.6 Å². The maximum atomic E-state index is 14.2. The molecule has 8 heteroatoms. The molecule has 0 radical (unpaired) electrons. The SMILES string of the molecule is Cc1ccc(F)c(S(=O)(=O)c2ccc(CNC(=O)c3cc4c([nH]3)C3(CCCCCCCCC3)CNC4)cc2)c1. The fraction of sp³-hybridized carbons (Fsp3) is 0.452. The molecule has 0 bridgehead atoms. The molecule has 1 amide bonds. The second-order valence-electron chi connectivity index (χ2n) is 11.2. The minimum absolute atomic E-state index is 0.0163. The van der Waals surface area contributed by atoms with E-state index in [1.165, 1.54) is 86.5 Å². The molecule has 2 aliphatic rings. The number of hydrogen-bond donors (Lipinski definition) is 3. The van der Waals surface area contributed by atoms with Crippen LogP contribution in [0.2, 0.25) is 0 Å². The number of halogens is 1. The summed E-state index contributed by atoms with van der Waals surface area (Å²) in [5, 5.41) is 6.57. The number of fused-ring (bicyclic) bond motifs is 2. The van der Waals surface area contributed by atoms with E-state index in [-0.39, 0.29) is 27.7 Å². The van der Waals surface area contributed by atoms with Crippen LogP contribution in [0.3, 0.4) is 0 Å². The van der Waals surface area contributed by atoms with E-state index < -0.39 is 15.7 Å². The summed E-state index contributed by atoms with van der Waals surface area (Å²) >= 11 is 0. The van der Waals surface area contributed by atoms with Gasteiger partial charge in [0.25, 0.3) is 5.91 Å². The molecule has 3 aromatic rings. The van der Waals surface area contributed by atoms with Crippen molar-refractivity contribution in [3.8, 4) is 0 Å². The average Bonchev–Trinajstić information content (AvgIpc) is 3.39. The van der Waals surface area contributed by atoms with Gasteiger partial charge in [-0.3, -0.25) is 4.79 Å². The summed E-state index contributed by atoms with van der Waals surface area (Å²) in [6, 6.07) is 12.2. The third kappa shape index (κ3) is 5.97. The van der Waals surface area contributed by atoms with Crippen molar-refractivity contribution >= 4 is 15.7 Å². The van der Waals surface area contributed by atoms with Gasteiger partial charge in [-0.1, -0.05) is 63.1 Å². The minimum atomic E-state index is -3.98. The number of carbonyl (C=O) groups excluding carboxylic acids is 1. The second kappa shape index (κ2) is 11.6. The number of hydrogen-bond acceptors (Lipinski definition) is 4. The Kier molecular flexibility index (Phi) is 8.24. The van der Waals surface area contributed by atoms with E-state index >= 15 is 0 Å². The predicted molar refractivity (Wildman–Crippen MR) is 150 cm³/mol. The Morgan fingerprint density at radius 2 is 1.62 bits per heavy atom. The molecule has 3 N–H and O–H groups in total. The number of H-pyrrole nitrogens is 1. The number of amides is 1. The molecule has 208 valence electrons. The van der Waals surface area contributed by atoms with Gasteiger partial charge in [0.05, 0.1) is 4.90 Å². The van der Waals surface area contributed by atoms with Crippen LogP contribution < -0.4 is 10.6 Å². The van der Waals surface area contributed by atoms with Gasteiger partial charge >= 0.3 is 0 Å². The van der Waals surface area contributed by atoms with Crippen LogP contribution in [0.15, 0.2) is 58.3 Å². The van der Waals surface area contributed by atoms with Crippen molar-refractivity contribution in [1.29, 1.82) is 0 Å². The largest absolute Gasteiger partial charge is 0.354 e. The van der Waals surface area contributed by atoms with Gasteiger partial charge in [0.2, 0.25) is 9.84 Å². The van der Waals surface area contributed by atoms with Crippen LogP contribution >= 0.6 is 0 Å². The summed E-state index contributed by atoms with van der Waals surface area (Å²) in [6.07, 6.45) is 11.2. The molecule has 0 saturated heterocycles. The molecule has 1 saturated carbocycles. The van der Waals surface area contributed by atoms with E-state index in [1.54, 1.807) is 19.1 Å². The minimum Gasteiger partial charge on any atom is -0.354 e. The maximum absolute atomic E-state index is 14.2. The summed E-state index contributed by atoms with van der Waals surface area (Å²) in [6.45, 7) is 3.69. The van der Waals surface area contributed by atoms with E-state index in [2.05, 4.69) is 15.6 Å². The zero-order valence-corrected chi connectivity index (χ0v) is 23.4. The summed E-state index contributed by atoms with van der Waals surface area (Å²) in [5.41, 5.74) is 4.46. The molecule has 1 aromatic heterocycles. The number of aromatic amines is 1. The van der Waals surface area contributed by atoms with Crippen LogP contribution in [-0.4, -0.2) is 25.9 Å². The molecule has 2 aromatic carbocycles. The topological polar surface area (TPSA) is 91.1 Å². The molecule has 1 aliphatic carbocycles. The molecule has 2 heterocycles. The number of aromatic nitrogens is 1. The Hall–Kier alpha value is -2.97. The zero-order chi connectivity index (χ0) is 27.5. The Bertz CT molecular complexity index is 1420. The molecule has 1 spiro atoms. The lowest BCUT2D eigenvalue weighted by Crippen LogP contribution is -2.43. The monoisotopic (exact) mass is 551 g/mol. The molecule has 1 aliphatic heterocycles. The number of sulfone groups is 1. The molecular formula is C31H38FN3O3S. The third-order valence-electron chi connectivity index (χ3n) is 8.33. The van der Waals surface area contributed by atoms with Crippen LogP contribution in [0.1, 0.15) is 90.7 Å². The van der Waals surface area contributed by atoms with Crippen molar-refractivity contribution in [3.05, 3.63) is 82.4 Å². The highest BCUT2D eigenvalue weighted by Crippen LogP contribution is 2.40. The first kappa shape index (κ1) is 27.6. The van der Waals surface area contributed by atoms with E-state index in [4.69, 9.17) is 0 Å². The summed E-state index contributed by atoms with van der Waals surface area (Å²) < 4.78 is 40.1. The van der Waals surface area contributed by atoms with Gasteiger partial charge in [-0.2, -0.15) is 0 Å². The Balaban J connectivity index is 1.27. The fourth-order valence-electron chi connectivity index (χ4n) is 6.13. The third-order valence-corrected chi connectivity index (χ3v) is 10.1. The van der Waals surface area contributed by atoms with E-state index in [1.807, 2.05) is 6.07 Å². The Morgan fingerprint density at radius 1 is 0.949 bits per heavy atom. The van der Waals surface area contributed by atoms with Crippen molar-refractivity contribution in [1.82, 2.24) is 15.6 Å².